The predicted octanol–water partition coefficient (Wildman–Crippen LogP) is 3.17. The number of nitrogens with zero attached hydrogens (tertiary/aromatic N) is 3. The first-order valence-corrected chi connectivity index (χ1v) is 5.61. The molecule has 0 amide bonds. The third-order valence-corrected chi connectivity index (χ3v) is 2.72. The molecule has 0 spiro atoms. The van der Waals surface area contributed by atoms with Gasteiger partial charge in [0.15, 0.2) is 5.69 Å². The van der Waals surface area contributed by atoms with Gasteiger partial charge >= 0.3 is 0 Å². The van der Waals surface area contributed by atoms with Crippen LogP contribution < -0.4 is 0 Å². The highest BCUT2D eigenvalue weighted by Gasteiger charge is 2.09. The van der Waals surface area contributed by atoms with Crippen molar-refractivity contribution in [1.29, 1.82) is 5.26 Å². The second kappa shape index (κ2) is 4.27. The van der Waals surface area contributed by atoms with Crippen LogP contribution in [0.5, 0.6) is 0 Å². The zero-order chi connectivity index (χ0) is 12.4. The average Bonchev–Trinajstić information content (AvgIpc) is 2.46. The summed E-state index contributed by atoms with van der Waals surface area (Å²) in [6.45, 7) is 0. The van der Waals surface area contributed by atoms with E-state index in [1.54, 1.807) is 0 Å². The Morgan fingerprint density at radius 3 is 2.06 bits per heavy atom. The van der Waals surface area contributed by atoms with E-state index in [4.69, 9.17) is 0 Å². The number of rotatable bonds is 1. The van der Waals surface area contributed by atoms with E-state index >= 15 is 0 Å². The summed E-state index contributed by atoms with van der Waals surface area (Å²) in [6, 6.07) is 19.3. The number of nitriles is 1. The first-order valence-electron chi connectivity index (χ1n) is 5.61. The monoisotopic (exact) mass is 231 g/mol. The summed E-state index contributed by atoms with van der Waals surface area (Å²) in [7, 11) is 0. The van der Waals surface area contributed by atoms with Gasteiger partial charge in [0.2, 0.25) is 0 Å². The van der Waals surface area contributed by atoms with E-state index in [1.807, 2.05) is 54.6 Å². The van der Waals surface area contributed by atoms with Gasteiger partial charge in [-0.15, -0.1) is 0 Å². The quantitative estimate of drug-likeness (QED) is 0.646. The molecule has 0 saturated heterocycles. The second-order valence-electron chi connectivity index (χ2n) is 3.89. The van der Waals surface area contributed by atoms with Crippen molar-refractivity contribution in [2.24, 2.45) is 0 Å². The first kappa shape index (κ1) is 10.4. The maximum Gasteiger partial charge on any atom is 0.167 e. The van der Waals surface area contributed by atoms with Crippen LogP contribution in [0.2, 0.25) is 0 Å². The molecule has 1 heterocycles. The van der Waals surface area contributed by atoms with Gasteiger partial charge in [0, 0.05) is 5.56 Å². The molecule has 0 radical (unpaired) electrons. The maximum atomic E-state index is 9.19. The van der Waals surface area contributed by atoms with Gasteiger partial charge in [0.1, 0.15) is 11.8 Å². The van der Waals surface area contributed by atoms with Crippen molar-refractivity contribution in [2.75, 3.05) is 0 Å². The Hall–Kier alpha value is -2.73. The fourth-order valence-electron chi connectivity index (χ4n) is 1.88. The molecule has 0 aliphatic carbocycles. The molecule has 2 aromatic carbocycles. The number of para-hydroxylation sites is 2. The summed E-state index contributed by atoms with van der Waals surface area (Å²) in [4.78, 5) is 8.88. The van der Waals surface area contributed by atoms with Crippen LogP contribution in [0.3, 0.4) is 0 Å². The molecule has 0 aliphatic heterocycles. The van der Waals surface area contributed by atoms with Gasteiger partial charge in [0.05, 0.1) is 11.0 Å². The summed E-state index contributed by atoms with van der Waals surface area (Å²) in [6.07, 6.45) is 0. The zero-order valence-electron chi connectivity index (χ0n) is 9.54. The summed E-state index contributed by atoms with van der Waals surface area (Å²) in [5.74, 6) is 0. The molecule has 3 aromatic rings. The number of fused-ring (bicyclic) bond motifs is 1. The molecule has 0 atom stereocenters. The molecule has 0 N–H and O–H groups in total. The third kappa shape index (κ3) is 1.70. The van der Waals surface area contributed by atoms with Crippen molar-refractivity contribution in [1.82, 2.24) is 9.97 Å². The number of hydrogen-bond acceptors (Lipinski definition) is 3. The van der Waals surface area contributed by atoms with Gasteiger partial charge in [-0.25, -0.2) is 9.97 Å². The summed E-state index contributed by atoms with van der Waals surface area (Å²) in [5.41, 5.74) is 3.45. The minimum absolute atomic E-state index is 0.361. The highest BCUT2D eigenvalue weighted by atomic mass is 14.8. The van der Waals surface area contributed by atoms with Crippen LogP contribution in [0.4, 0.5) is 0 Å². The van der Waals surface area contributed by atoms with E-state index in [9.17, 15) is 5.26 Å². The van der Waals surface area contributed by atoms with E-state index in [0.29, 0.717) is 11.4 Å². The molecule has 3 rings (SSSR count). The Labute approximate surface area is 104 Å². The Morgan fingerprint density at radius 1 is 0.778 bits per heavy atom. The highest BCUT2D eigenvalue weighted by molar-refractivity contribution is 5.79. The van der Waals surface area contributed by atoms with Crippen molar-refractivity contribution >= 4 is 11.0 Å². The van der Waals surface area contributed by atoms with Gasteiger partial charge in [-0.3, -0.25) is 0 Å². The second-order valence-corrected chi connectivity index (χ2v) is 3.89. The molecular weight excluding hydrogens is 222 g/mol. The standard InChI is InChI=1S/C15H9N3/c16-10-14-15(11-6-2-1-3-7-11)18-13-9-5-4-8-12(13)17-14/h1-9H. The highest BCUT2D eigenvalue weighted by Crippen LogP contribution is 2.22. The van der Waals surface area contributed by atoms with Gasteiger partial charge in [-0.05, 0) is 12.1 Å². The SMILES string of the molecule is N#Cc1nc2ccccc2nc1-c1ccccc1. The lowest BCUT2D eigenvalue weighted by atomic mass is 10.1. The van der Waals surface area contributed by atoms with E-state index in [1.165, 1.54) is 0 Å². The van der Waals surface area contributed by atoms with Gasteiger partial charge in [-0.1, -0.05) is 42.5 Å². The number of aromatic nitrogens is 2. The van der Waals surface area contributed by atoms with Crippen LogP contribution in [0.25, 0.3) is 22.3 Å². The zero-order valence-corrected chi connectivity index (χ0v) is 9.54. The average molecular weight is 231 g/mol. The fourth-order valence-corrected chi connectivity index (χ4v) is 1.88. The van der Waals surface area contributed by atoms with Gasteiger partial charge in [0.25, 0.3) is 0 Å². The van der Waals surface area contributed by atoms with Crippen LogP contribution in [0.1, 0.15) is 5.69 Å². The molecule has 18 heavy (non-hydrogen) atoms. The molecule has 0 fully saturated rings. The Morgan fingerprint density at radius 2 is 1.39 bits per heavy atom. The normalized spacial score (nSPS) is 10.2. The third-order valence-electron chi connectivity index (χ3n) is 2.72. The number of benzene rings is 2. The molecular formula is C15H9N3. The molecule has 3 nitrogen and oxygen atoms in total. The topological polar surface area (TPSA) is 49.6 Å². The van der Waals surface area contributed by atoms with Crippen LogP contribution in [0, 0.1) is 11.3 Å². The van der Waals surface area contributed by atoms with E-state index < -0.39 is 0 Å². The lowest BCUT2D eigenvalue weighted by Crippen LogP contribution is -1.94. The number of hydrogen-bond donors (Lipinski definition) is 0. The van der Waals surface area contributed by atoms with Gasteiger partial charge in [-0.2, -0.15) is 5.26 Å². The fraction of sp³-hybridized carbons (Fsp3) is 0. The molecule has 0 saturated carbocycles. The molecule has 0 bridgehead atoms. The minimum atomic E-state index is 0.361. The van der Waals surface area contributed by atoms with E-state index in [-0.39, 0.29) is 0 Å². The van der Waals surface area contributed by atoms with E-state index in [2.05, 4.69) is 16.0 Å². The smallest absolute Gasteiger partial charge is 0.167 e. The van der Waals surface area contributed by atoms with E-state index in [0.717, 1.165) is 16.6 Å². The van der Waals surface area contributed by atoms with Crippen molar-refractivity contribution in [3.05, 3.63) is 60.3 Å². The van der Waals surface area contributed by atoms with Crippen LogP contribution in [0.15, 0.2) is 54.6 Å². The van der Waals surface area contributed by atoms with Crippen molar-refractivity contribution < 1.29 is 0 Å². The largest absolute Gasteiger partial charge is 0.243 e. The van der Waals surface area contributed by atoms with Crippen molar-refractivity contribution in [3.8, 4) is 17.3 Å². The summed E-state index contributed by atoms with van der Waals surface area (Å²) < 4.78 is 0. The minimum Gasteiger partial charge on any atom is -0.243 e. The Kier molecular flexibility index (Phi) is 2.47. The molecule has 0 aliphatic rings. The summed E-state index contributed by atoms with van der Waals surface area (Å²) in [5, 5.41) is 9.19. The molecule has 3 heteroatoms. The van der Waals surface area contributed by atoms with Gasteiger partial charge < -0.3 is 0 Å². The maximum absolute atomic E-state index is 9.19. The first-order chi connectivity index (χ1) is 8.88. The lowest BCUT2D eigenvalue weighted by Gasteiger charge is -2.04. The van der Waals surface area contributed by atoms with Crippen molar-refractivity contribution in [3.63, 3.8) is 0 Å². The predicted molar refractivity (Wildman–Crippen MR) is 69.7 cm³/mol. The van der Waals surface area contributed by atoms with Crippen LogP contribution in [-0.2, 0) is 0 Å². The lowest BCUT2D eigenvalue weighted by molar-refractivity contribution is 1.24. The molecule has 0 unspecified atom stereocenters. The Bertz CT molecular complexity index is 743. The van der Waals surface area contributed by atoms with Crippen LogP contribution in [-0.4, -0.2) is 9.97 Å². The summed E-state index contributed by atoms with van der Waals surface area (Å²) >= 11 is 0. The Balaban J connectivity index is 2.32. The van der Waals surface area contributed by atoms with Crippen molar-refractivity contribution in [2.45, 2.75) is 0 Å². The van der Waals surface area contributed by atoms with Crippen LogP contribution >= 0.6 is 0 Å². The molecule has 84 valence electrons. The molecule has 1 aromatic heterocycles.